The zero-order valence-corrected chi connectivity index (χ0v) is 15.3. The number of carbonyl (C=O) groups is 1. The first-order valence-corrected chi connectivity index (χ1v) is 9.76. The van der Waals surface area contributed by atoms with Gasteiger partial charge in [-0.25, -0.2) is 9.98 Å². The van der Waals surface area contributed by atoms with Gasteiger partial charge in [-0.1, -0.05) is 0 Å². The van der Waals surface area contributed by atoms with Gasteiger partial charge in [0.15, 0.2) is 10.9 Å². The molecule has 2 aliphatic heterocycles. The van der Waals surface area contributed by atoms with Crippen LogP contribution in [0.15, 0.2) is 22.8 Å². The van der Waals surface area contributed by atoms with Crippen molar-refractivity contribution in [3.8, 4) is 0 Å². The Morgan fingerprint density at radius 1 is 1.56 bits per heavy atom. The van der Waals surface area contributed by atoms with E-state index in [2.05, 4.69) is 27.4 Å². The standard InChI is InChI=1S/C17H24N6OS/c1-2-18-15(19-9-13-10-22-6-7-25-16(22)21-13)23-5-3-4-17(12-23)8-14(24)20-11-17/h6-7,10H,2-5,8-9,11-12H2,1H3,(H,18,19)(H,20,24). The molecule has 1 amide bonds. The first-order valence-electron chi connectivity index (χ1n) is 8.88. The van der Waals surface area contributed by atoms with E-state index in [1.54, 1.807) is 11.3 Å². The summed E-state index contributed by atoms with van der Waals surface area (Å²) in [6.07, 6.45) is 6.90. The Morgan fingerprint density at radius 3 is 3.24 bits per heavy atom. The van der Waals surface area contributed by atoms with Gasteiger partial charge in [-0.15, -0.1) is 11.3 Å². The molecular formula is C17H24N6OS. The van der Waals surface area contributed by atoms with Crippen LogP contribution in [0.25, 0.3) is 4.96 Å². The van der Waals surface area contributed by atoms with Gasteiger partial charge in [0.25, 0.3) is 0 Å². The van der Waals surface area contributed by atoms with Gasteiger partial charge in [-0.3, -0.25) is 9.20 Å². The van der Waals surface area contributed by atoms with E-state index in [1.165, 1.54) is 0 Å². The summed E-state index contributed by atoms with van der Waals surface area (Å²) >= 11 is 1.63. The Hall–Kier alpha value is -2.09. The van der Waals surface area contributed by atoms with E-state index in [1.807, 2.05) is 22.2 Å². The minimum atomic E-state index is 0.0720. The molecule has 0 bridgehead atoms. The molecule has 4 heterocycles. The Labute approximate surface area is 151 Å². The number of hydrogen-bond acceptors (Lipinski definition) is 4. The lowest BCUT2D eigenvalue weighted by Gasteiger charge is -2.40. The zero-order chi connectivity index (χ0) is 17.3. The number of piperidine rings is 1. The molecule has 2 saturated heterocycles. The summed E-state index contributed by atoms with van der Waals surface area (Å²) in [5.41, 5.74) is 1.05. The number of aliphatic imine (C=N–C) groups is 1. The molecule has 7 nitrogen and oxygen atoms in total. The third-order valence-corrected chi connectivity index (χ3v) is 5.80. The maximum atomic E-state index is 11.7. The molecule has 2 N–H and O–H groups in total. The number of guanidine groups is 1. The predicted octanol–water partition coefficient (Wildman–Crippen LogP) is 1.46. The molecule has 2 aromatic rings. The van der Waals surface area contributed by atoms with Gasteiger partial charge in [0.2, 0.25) is 5.91 Å². The number of hydrogen-bond donors (Lipinski definition) is 2. The molecule has 0 aromatic carbocycles. The van der Waals surface area contributed by atoms with E-state index in [9.17, 15) is 4.79 Å². The first-order chi connectivity index (χ1) is 12.2. The van der Waals surface area contributed by atoms with E-state index in [-0.39, 0.29) is 11.3 Å². The van der Waals surface area contributed by atoms with Crippen LogP contribution in [0.3, 0.4) is 0 Å². The van der Waals surface area contributed by atoms with Gasteiger partial charge in [0.1, 0.15) is 0 Å². The number of carbonyl (C=O) groups excluding carboxylic acids is 1. The molecule has 0 saturated carbocycles. The fraction of sp³-hybridized carbons (Fsp3) is 0.588. The molecule has 0 aliphatic carbocycles. The monoisotopic (exact) mass is 360 g/mol. The molecule has 134 valence electrons. The van der Waals surface area contributed by atoms with Crippen LogP contribution in [0.2, 0.25) is 0 Å². The molecule has 1 atom stereocenters. The van der Waals surface area contributed by atoms with E-state index in [4.69, 9.17) is 4.99 Å². The van der Waals surface area contributed by atoms with E-state index >= 15 is 0 Å². The lowest BCUT2D eigenvalue weighted by atomic mass is 9.79. The van der Waals surface area contributed by atoms with Crippen LogP contribution in [0.4, 0.5) is 0 Å². The SMILES string of the molecule is CCNC(=NCc1cn2ccsc2n1)N1CCCC2(CNC(=O)C2)C1. The van der Waals surface area contributed by atoms with Crippen molar-refractivity contribution in [2.45, 2.75) is 32.7 Å². The van der Waals surface area contributed by atoms with Crippen LogP contribution in [0.5, 0.6) is 0 Å². The average molecular weight is 360 g/mol. The average Bonchev–Trinajstić information content (AvgIpc) is 3.27. The summed E-state index contributed by atoms with van der Waals surface area (Å²) < 4.78 is 2.04. The Morgan fingerprint density at radius 2 is 2.48 bits per heavy atom. The van der Waals surface area contributed by atoms with E-state index in [0.29, 0.717) is 13.0 Å². The van der Waals surface area contributed by atoms with Crippen molar-refractivity contribution in [3.05, 3.63) is 23.5 Å². The molecule has 25 heavy (non-hydrogen) atoms. The predicted molar refractivity (Wildman–Crippen MR) is 98.8 cm³/mol. The third kappa shape index (κ3) is 3.35. The second kappa shape index (κ2) is 6.67. The molecule has 4 rings (SSSR count). The van der Waals surface area contributed by atoms with Crippen LogP contribution in [0, 0.1) is 5.41 Å². The van der Waals surface area contributed by atoms with Crippen molar-refractivity contribution in [3.63, 3.8) is 0 Å². The number of thiazole rings is 1. The molecule has 1 spiro atoms. The third-order valence-electron chi connectivity index (χ3n) is 5.03. The van der Waals surface area contributed by atoms with Crippen molar-refractivity contribution in [2.75, 3.05) is 26.2 Å². The molecule has 2 aliphatic rings. The Balaban J connectivity index is 1.49. The van der Waals surface area contributed by atoms with Crippen LogP contribution in [0.1, 0.15) is 31.9 Å². The fourth-order valence-corrected chi connectivity index (χ4v) is 4.58. The van der Waals surface area contributed by atoms with Crippen LogP contribution in [-0.2, 0) is 11.3 Å². The van der Waals surface area contributed by atoms with E-state index in [0.717, 1.165) is 55.6 Å². The van der Waals surface area contributed by atoms with Gasteiger partial charge in [-0.05, 0) is 19.8 Å². The van der Waals surface area contributed by atoms with Crippen molar-refractivity contribution in [1.82, 2.24) is 24.9 Å². The van der Waals surface area contributed by atoms with E-state index < -0.39 is 0 Å². The number of likely N-dealkylation sites (tertiary alicyclic amines) is 1. The van der Waals surface area contributed by atoms with Crippen molar-refractivity contribution in [1.29, 1.82) is 0 Å². The maximum Gasteiger partial charge on any atom is 0.220 e. The van der Waals surface area contributed by atoms with Gasteiger partial charge in [0.05, 0.1) is 12.2 Å². The molecule has 8 heteroatoms. The summed E-state index contributed by atoms with van der Waals surface area (Å²) in [5.74, 6) is 1.11. The highest BCUT2D eigenvalue weighted by molar-refractivity contribution is 7.15. The summed E-state index contributed by atoms with van der Waals surface area (Å²) in [7, 11) is 0. The number of nitrogens with zero attached hydrogens (tertiary/aromatic N) is 4. The fourth-order valence-electron chi connectivity index (χ4n) is 3.86. The lowest BCUT2D eigenvalue weighted by molar-refractivity contribution is -0.119. The largest absolute Gasteiger partial charge is 0.357 e. The van der Waals surface area contributed by atoms with Crippen molar-refractivity contribution in [2.24, 2.45) is 10.4 Å². The number of nitrogens with one attached hydrogen (secondary N) is 2. The Kier molecular flexibility index (Phi) is 4.37. The van der Waals surface area contributed by atoms with Gasteiger partial charge < -0.3 is 15.5 Å². The van der Waals surface area contributed by atoms with Gasteiger partial charge in [0, 0.05) is 55.8 Å². The molecule has 0 radical (unpaired) electrons. The van der Waals surface area contributed by atoms with Gasteiger partial charge >= 0.3 is 0 Å². The summed E-state index contributed by atoms with van der Waals surface area (Å²) in [4.78, 5) is 24.4. The summed E-state index contributed by atoms with van der Waals surface area (Å²) in [6, 6.07) is 0. The maximum absolute atomic E-state index is 11.7. The molecule has 2 fully saturated rings. The van der Waals surface area contributed by atoms with Crippen molar-refractivity contribution < 1.29 is 4.79 Å². The normalized spacial score (nSPS) is 24.3. The van der Waals surface area contributed by atoms with Gasteiger partial charge in [-0.2, -0.15) is 0 Å². The second-order valence-corrected chi connectivity index (χ2v) is 7.85. The number of fused-ring (bicyclic) bond motifs is 1. The topological polar surface area (TPSA) is 74.0 Å². The van der Waals surface area contributed by atoms with Crippen LogP contribution in [-0.4, -0.2) is 52.3 Å². The summed E-state index contributed by atoms with van der Waals surface area (Å²) in [5, 5.41) is 8.44. The number of imidazole rings is 1. The van der Waals surface area contributed by atoms with Crippen LogP contribution >= 0.6 is 11.3 Å². The number of amides is 1. The molecule has 1 unspecified atom stereocenters. The van der Waals surface area contributed by atoms with Crippen molar-refractivity contribution >= 4 is 28.2 Å². The molecular weight excluding hydrogens is 336 g/mol. The zero-order valence-electron chi connectivity index (χ0n) is 14.5. The first kappa shape index (κ1) is 16.4. The quantitative estimate of drug-likeness (QED) is 0.642. The highest BCUT2D eigenvalue weighted by atomic mass is 32.1. The summed E-state index contributed by atoms with van der Waals surface area (Å²) in [6.45, 7) is 6.15. The van der Waals surface area contributed by atoms with Crippen LogP contribution < -0.4 is 10.6 Å². The highest BCUT2D eigenvalue weighted by Gasteiger charge is 2.42. The molecule has 2 aromatic heterocycles. The second-order valence-electron chi connectivity index (χ2n) is 6.97. The Bertz CT molecular complexity index is 768. The number of aromatic nitrogens is 2. The minimum absolute atomic E-state index is 0.0720. The number of rotatable bonds is 3. The minimum Gasteiger partial charge on any atom is -0.357 e. The smallest absolute Gasteiger partial charge is 0.220 e. The lowest BCUT2D eigenvalue weighted by Crippen LogP contribution is -2.51. The highest BCUT2D eigenvalue weighted by Crippen LogP contribution is 2.36.